The molecule has 1 aromatic heterocycles. The molecule has 0 saturated carbocycles. The number of aryl methyl sites for hydroxylation is 1. The van der Waals surface area contributed by atoms with Crippen LogP contribution < -0.4 is 10.6 Å². The van der Waals surface area contributed by atoms with E-state index in [1.54, 1.807) is 6.20 Å². The second kappa shape index (κ2) is 6.47. The van der Waals surface area contributed by atoms with Gasteiger partial charge in [0.2, 0.25) is 5.95 Å². The maximum absolute atomic E-state index is 4.36. The first kappa shape index (κ1) is 13.7. The zero-order chi connectivity index (χ0) is 13.7. The van der Waals surface area contributed by atoms with Crippen LogP contribution in [-0.2, 0) is 0 Å². The highest BCUT2D eigenvalue weighted by molar-refractivity contribution is 9.10. The van der Waals surface area contributed by atoms with Crippen LogP contribution in [0.1, 0.15) is 18.9 Å². The second-order valence-corrected chi connectivity index (χ2v) is 5.09. The first-order valence-electron chi connectivity index (χ1n) is 6.16. The van der Waals surface area contributed by atoms with Gasteiger partial charge in [0.1, 0.15) is 0 Å². The molecule has 2 aromatic rings. The minimum absolute atomic E-state index is 0.492. The minimum atomic E-state index is 0.492. The van der Waals surface area contributed by atoms with Gasteiger partial charge in [-0.2, -0.15) is 10.1 Å². The van der Waals surface area contributed by atoms with Crippen LogP contribution in [-0.4, -0.2) is 21.7 Å². The van der Waals surface area contributed by atoms with E-state index in [0.717, 1.165) is 34.5 Å². The summed E-state index contributed by atoms with van der Waals surface area (Å²) in [5.74, 6) is 1.22. The summed E-state index contributed by atoms with van der Waals surface area (Å²) >= 11 is 3.44. The van der Waals surface area contributed by atoms with Gasteiger partial charge in [0.05, 0.1) is 6.20 Å². The van der Waals surface area contributed by atoms with Gasteiger partial charge in [0.25, 0.3) is 0 Å². The number of anilines is 3. The van der Waals surface area contributed by atoms with Crippen molar-refractivity contribution in [2.45, 2.75) is 20.3 Å². The van der Waals surface area contributed by atoms with Gasteiger partial charge >= 0.3 is 0 Å². The number of rotatable bonds is 5. The predicted molar refractivity (Wildman–Crippen MR) is 80.8 cm³/mol. The summed E-state index contributed by atoms with van der Waals surface area (Å²) in [7, 11) is 0. The van der Waals surface area contributed by atoms with Crippen LogP contribution >= 0.6 is 15.9 Å². The SMILES string of the molecule is CCCNc1cnnc(Nc2ccc(Br)cc2C)n1. The number of nitrogens with zero attached hydrogens (tertiary/aromatic N) is 3. The van der Waals surface area contributed by atoms with Crippen molar-refractivity contribution in [3.63, 3.8) is 0 Å². The average Bonchev–Trinajstić information content (AvgIpc) is 2.40. The van der Waals surface area contributed by atoms with E-state index < -0.39 is 0 Å². The monoisotopic (exact) mass is 321 g/mol. The highest BCUT2D eigenvalue weighted by Gasteiger charge is 2.03. The maximum atomic E-state index is 4.36. The van der Waals surface area contributed by atoms with Crippen LogP contribution in [0.4, 0.5) is 17.5 Å². The number of aromatic nitrogens is 3. The molecule has 0 aliphatic heterocycles. The van der Waals surface area contributed by atoms with Crippen LogP contribution in [0, 0.1) is 6.92 Å². The molecular formula is C13H16BrN5. The van der Waals surface area contributed by atoms with E-state index >= 15 is 0 Å². The fourth-order valence-corrected chi connectivity index (χ4v) is 2.06. The smallest absolute Gasteiger partial charge is 0.249 e. The third-order valence-corrected chi connectivity index (χ3v) is 3.04. The van der Waals surface area contributed by atoms with Gasteiger partial charge in [-0.15, -0.1) is 5.10 Å². The lowest BCUT2D eigenvalue weighted by molar-refractivity contribution is 0.935. The van der Waals surface area contributed by atoms with Crippen molar-refractivity contribution in [3.8, 4) is 0 Å². The molecule has 1 aromatic carbocycles. The maximum Gasteiger partial charge on any atom is 0.249 e. The van der Waals surface area contributed by atoms with Crippen molar-refractivity contribution in [2.75, 3.05) is 17.2 Å². The molecule has 19 heavy (non-hydrogen) atoms. The van der Waals surface area contributed by atoms with Crippen molar-refractivity contribution in [1.82, 2.24) is 15.2 Å². The predicted octanol–water partition coefficient (Wildman–Crippen LogP) is 3.51. The van der Waals surface area contributed by atoms with Gasteiger partial charge in [-0.1, -0.05) is 22.9 Å². The molecule has 0 fully saturated rings. The fourth-order valence-electron chi connectivity index (χ4n) is 1.58. The molecule has 6 heteroatoms. The Hall–Kier alpha value is -1.69. The molecule has 5 nitrogen and oxygen atoms in total. The van der Waals surface area contributed by atoms with Gasteiger partial charge in [0.15, 0.2) is 5.82 Å². The molecule has 0 unspecified atom stereocenters. The van der Waals surface area contributed by atoms with Gasteiger partial charge in [-0.25, -0.2) is 0 Å². The van der Waals surface area contributed by atoms with Crippen LogP contribution in [0.15, 0.2) is 28.9 Å². The van der Waals surface area contributed by atoms with Gasteiger partial charge in [-0.3, -0.25) is 0 Å². The van der Waals surface area contributed by atoms with Gasteiger partial charge in [0, 0.05) is 16.7 Å². The molecule has 0 amide bonds. The lowest BCUT2D eigenvalue weighted by Crippen LogP contribution is -2.06. The van der Waals surface area contributed by atoms with E-state index in [0.29, 0.717) is 5.95 Å². The van der Waals surface area contributed by atoms with Crippen molar-refractivity contribution in [3.05, 3.63) is 34.4 Å². The van der Waals surface area contributed by atoms with E-state index in [2.05, 4.69) is 48.7 Å². The van der Waals surface area contributed by atoms with Gasteiger partial charge in [-0.05, 0) is 37.1 Å². The number of hydrogen-bond acceptors (Lipinski definition) is 5. The Labute approximate surface area is 121 Å². The molecule has 2 N–H and O–H groups in total. The quantitative estimate of drug-likeness (QED) is 0.882. The summed E-state index contributed by atoms with van der Waals surface area (Å²) in [4.78, 5) is 4.36. The van der Waals surface area contributed by atoms with Gasteiger partial charge < -0.3 is 10.6 Å². The van der Waals surface area contributed by atoms with Crippen molar-refractivity contribution >= 4 is 33.4 Å². The average molecular weight is 322 g/mol. The largest absolute Gasteiger partial charge is 0.369 e. The molecule has 0 bridgehead atoms. The molecule has 0 radical (unpaired) electrons. The van der Waals surface area contributed by atoms with E-state index in [1.807, 2.05) is 25.1 Å². The van der Waals surface area contributed by atoms with E-state index in [-0.39, 0.29) is 0 Å². The lowest BCUT2D eigenvalue weighted by Gasteiger charge is -2.09. The second-order valence-electron chi connectivity index (χ2n) is 4.18. The minimum Gasteiger partial charge on any atom is -0.369 e. The Morgan fingerprint density at radius 3 is 2.89 bits per heavy atom. The first-order chi connectivity index (χ1) is 9.19. The summed E-state index contributed by atoms with van der Waals surface area (Å²) in [6.07, 6.45) is 2.66. The molecule has 0 spiro atoms. The Morgan fingerprint density at radius 2 is 2.16 bits per heavy atom. The molecule has 2 rings (SSSR count). The fraction of sp³-hybridized carbons (Fsp3) is 0.308. The lowest BCUT2D eigenvalue weighted by atomic mass is 10.2. The molecule has 1 heterocycles. The zero-order valence-corrected chi connectivity index (χ0v) is 12.5. The van der Waals surface area contributed by atoms with Crippen LogP contribution in [0.2, 0.25) is 0 Å². The summed E-state index contributed by atoms with van der Waals surface area (Å²) in [6, 6.07) is 5.99. The zero-order valence-electron chi connectivity index (χ0n) is 10.9. The standard InChI is InChI=1S/C13H16BrN5/c1-3-6-15-12-8-16-19-13(18-12)17-11-5-4-10(14)7-9(11)2/h4-5,7-8H,3,6H2,1-2H3,(H2,15,17,18,19). The first-order valence-corrected chi connectivity index (χ1v) is 6.95. The van der Waals surface area contributed by atoms with Crippen molar-refractivity contribution in [1.29, 1.82) is 0 Å². The summed E-state index contributed by atoms with van der Waals surface area (Å²) < 4.78 is 1.05. The van der Waals surface area contributed by atoms with Crippen LogP contribution in [0.25, 0.3) is 0 Å². The topological polar surface area (TPSA) is 62.7 Å². The van der Waals surface area contributed by atoms with Crippen molar-refractivity contribution < 1.29 is 0 Å². The Bertz CT molecular complexity index is 558. The number of halogens is 1. The van der Waals surface area contributed by atoms with E-state index in [1.165, 1.54) is 0 Å². The number of nitrogens with one attached hydrogen (secondary N) is 2. The Morgan fingerprint density at radius 1 is 1.32 bits per heavy atom. The molecule has 0 atom stereocenters. The molecule has 0 saturated heterocycles. The highest BCUT2D eigenvalue weighted by Crippen LogP contribution is 2.22. The molecule has 0 aliphatic carbocycles. The summed E-state index contributed by atoms with van der Waals surface area (Å²) in [5, 5.41) is 14.3. The van der Waals surface area contributed by atoms with E-state index in [4.69, 9.17) is 0 Å². The number of hydrogen-bond donors (Lipinski definition) is 2. The van der Waals surface area contributed by atoms with Crippen LogP contribution in [0.5, 0.6) is 0 Å². The molecule has 0 aliphatic rings. The van der Waals surface area contributed by atoms with Crippen LogP contribution in [0.3, 0.4) is 0 Å². The Balaban J connectivity index is 2.14. The summed E-state index contributed by atoms with van der Waals surface area (Å²) in [5.41, 5.74) is 2.09. The molecular weight excluding hydrogens is 306 g/mol. The Kier molecular flexibility index (Phi) is 4.68. The van der Waals surface area contributed by atoms with Crippen molar-refractivity contribution in [2.24, 2.45) is 0 Å². The third kappa shape index (κ3) is 3.89. The highest BCUT2D eigenvalue weighted by atomic mass is 79.9. The normalized spacial score (nSPS) is 10.3. The molecule has 100 valence electrons. The van der Waals surface area contributed by atoms with E-state index in [9.17, 15) is 0 Å². The summed E-state index contributed by atoms with van der Waals surface area (Å²) in [6.45, 7) is 5.00. The number of benzene rings is 1. The third-order valence-electron chi connectivity index (χ3n) is 2.55.